The van der Waals surface area contributed by atoms with E-state index in [0.717, 1.165) is 30.8 Å². The van der Waals surface area contributed by atoms with Crippen LogP contribution in [0.5, 0.6) is 0 Å². The van der Waals surface area contributed by atoms with Crippen molar-refractivity contribution in [2.24, 2.45) is 0 Å². The molecule has 26 heavy (non-hydrogen) atoms. The Labute approximate surface area is 160 Å². The van der Waals surface area contributed by atoms with Crippen molar-refractivity contribution in [3.8, 4) is 0 Å². The number of hydrogen-bond acceptors (Lipinski definition) is 3. The Kier molecular flexibility index (Phi) is 6.07. The summed E-state index contributed by atoms with van der Waals surface area (Å²) < 4.78 is 0. The van der Waals surface area contributed by atoms with Crippen LogP contribution in [0.1, 0.15) is 31.7 Å². The van der Waals surface area contributed by atoms with Crippen LogP contribution < -0.4 is 0 Å². The van der Waals surface area contributed by atoms with Crippen LogP contribution in [0, 0.1) is 0 Å². The van der Waals surface area contributed by atoms with E-state index in [2.05, 4.69) is 30.5 Å². The molecule has 0 radical (unpaired) electrons. The summed E-state index contributed by atoms with van der Waals surface area (Å²) in [6.45, 7) is 8.65. The molecule has 4 nitrogen and oxygen atoms in total. The molecule has 2 aliphatic rings. The van der Waals surface area contributed by atoms with Crippen molar-refractivity contribution >= 4 is 23.6 Å². The number of hydrogen-bond donors (Lipinski definition) is 0. The zero-order valence-corrected chi connectivity index (χ0v) is 16.3. The molecule has 140 valence electrons. The minimum Gasteiger partial charge on any atom is -0.340 e. The van der Waals surface area contributed by atoms with Gasteiger partial charge in [-0.05, 0) is 30.9 Å². The van der Waals surface area contributed by atoms with Crippen molar-refractivity contribution in [1.29, 1.82) is 0 Å². The molecule has 1 aromatic carbocycles. The quantitative estimate of drug-likeness (QED) is 0.763. The van der Waals surface area contributed by atoms with Gasteiger partial charge in [-0.1, -0.05) is 43.8 Å². The highest BCUT2D eigenvalue weighted by Crippen LogP contribution is 2.38. The minimum absolute atomic E-state index is 0.0421. The Morgan fingerprint density at radius 1 is 1.19 bits per heavy atom. The van der Waals surface area contributed by atoms with Gasteiger partial charge in [0.25, 0.3) is 0 Å². The van der Waals surface area contributed by atoms with E-state index in [1.165, 1.54) is 6.08 Å². The number of carbonyl (C=O) groups is 2. The summed E-state index contributed by atoms with van der Waals surface area (Å²) in [5, 5.41) is 0.531. The van der Waals surface area contributed by atoms with Gasteiger partial charge in [-0.25, -0.2) is 0 Å². The lowest BCUT2D eigenvalue weighted by atomic mass is 9.71. The lowest BCUT2D eigenvalue weighted by molar-refractivity contribution is -0.141. The Morgan fingerprint density at radius 3 is 2.50 bits per heavy atom. The molecule has 0 spiro atoms. The van der Waals surface area contributed by atoms with Crippen molar-refractivity contribution in [1.82, 2.24) is 9.80 Å². The van der Waals surface area contributed by atoms with Crippen LogP contribution in [0.2, 0.25) is 0 Å². The van der Waals surface area contributed by atoms with Crippen LogP contribution >= 0.6 is 11.8 Å². The Balaban J connectivity index is 1.86. The SMILES string of the molecule is C=CC(=O)N1CCC(C(=O)N2CCSC(CC)C2)(c2ccccc2)CC1. The smallest absolute Gasteiger partial charge is 0.245 e. The molecule has 3 rings (SSSR count). The summed E-state index contributed by atoms with van der Waals surface area (Å²) >= 11 is 1.98. The molecule has 2 amide bonds. The summed E-state index contributed by atoms with van der Waals surface area (Å²) in [5.74, 6) is 1.21. The van der Waals surface area contributed by atoms with E-state index in [1.54, 1.807) is 0 Å². The molecule has 0 saturated carbocycles. The summed E-state index contributed by atoms with van der Waals surface area (Å²) in [4.78, 5) is 29.5. The number of piperidine rings is 1. The Bertz CT molecular complexity index is 653. The largest absolute Gasteiger partial charge is 0.340 e. The third-order valence-corrected chi connectivity index (χ3v) is 7.09. The van der Waals surface area contributed by atoms with Gasteiger partial charge in [0.1, 0.15) is 0 Å². The predicted octanol–water partition coefficient (Wildman–Crippen LogP) is 3.09. The molecule has 5 heteroatoms. The van der Waals surface area contributed by atoms with E-state index < -0.39 is 5.41 Å². The van der Waals surface area contributed by atoms with E-state index in [4.69, 9.17) is 0 Å². The lowest BCUT2D eigenvalue weighted by Gasteiger charge is -2.45. The van der Waals surface area contributed by atoms with E-state index in [1.807, 2.05) is 34.9 Å². The van der Waals surface area contributed by atoms with Gasteiger partial charge in [0.2, 0.25) is 11.8 Å². The second kappa shape index (κ2) is 8.30. The number of rotatable bonds is 4. The van der Waals surface area contributed by atoms with Gasteiger partial charge >= 0.3 is 0 Å². The van der Waals surface area contributed by atoms with Gasteiger partial charge in [-0.15, -0.1) is 0 Å². The second-order valence-corrected chi connectivity index (χ2v) is 8.54. The first-order valence-corrected chi connectivity index (χ1v) is 10.5. The Morgan fingerprint density at radius 2 is 1.88 bits per heavy atom. The van der Waals surface area contributed by atoms with Gasteiger partial charge in [0.15, 0.2) is 0 Å². The summed E-state index contributed by atoms with van der Waals surface area (Å²) in [6.07, 6.45) is 3.81. The molecule has 0 N–H and O–H groups in total. The van der Waals surface area contributed by atoms with Crippen molar-refractivity contribution in [3.63, 3.8) is 0 Å². The van der Waals surface area contributed by atoms with Crippen LogP contribution in [0.25, 0.3) is 0 Å². The first-order valence-electron chi connectivity index (χ1n) is 9.48. The number of thioether (sulfide) groups is 1. The average Bonchev–Trinajstić information content (AvgIpc) is 2.73. The van der Waals surface area contributed by atoms with Gasteiger partial charge in [-0.2, -0.15) is 11.8 Å². The topological polar surface area (TPSA) is 40.6 Å². The highest BCUT2D eigenvalue weighted by molar-refractivity contribution is 8.00. The van der Waals surface area contributed by atoms with Gasteiger partial charge in [0, 0.05) is 37.2 Å². The van der Waals surface area contributed by atoms with E-state index in [-0.39, 0.29) is 11.8 Å². The third-order valence-electron chi connectivity index (χ3n) is 5.72. The van der Waals surface area contributed by atoms with Gasteiger partial charge in [-0.3, -0.25) is 9.59 Å². The van der Waals surface area contributed by atoms with Crippen LogP contribution in [0.3, 0.4) is 0 Å². The number of amides is 2. The fourth-order valence-corrected chi connectivity index (χ4v) is 5.25. The number of carbonyl (C=O) groups excluding carboxylic acids is 2. The minimum atomic E-state index is -0.514. The molecule has 2 heterocycles. The first-order chi connectivity index (χ1) is 12.6. The predicted molar refractivity (Wildman–Crippen MR) is 107 cm³/mol. The van der Waals surface area contributed by atoms with Gasteiger partial charge in [0.05, 0.1) is 5.41 Å². The molecule has 0 bridgehead atoms. The second-order valence-electron chi connectivity index (χ2n) is 7.13. The van der Waals surface area contributed by atoms with Crippen LogP contribution in [-0.2, 0) is 15.0 Å². The van der Waals surface area contributed by atoms with Crippen LogP contribution in [-0.4, -0.2) is 58.8 Å². The van der Waals surface area contributed by atoms with Crippen molar-refractivity contribution < 1.29 is 9.59 Å². The third kappa shape index (κ3) is 3.68. The molecule has 1 aromatic rings. The number of benzene rings is 1. The van der Waals surface area contributed by atoms with E-state index in [0.29, 0.717) is 31.2 Å². The molecule has 1 unspecified atom stereocenters. The fourth-order valence-electron chi connectivity index (χ4n) is 4.07. The van der Waals surface area contributed by atoms with Crippen molar-refractivity contribution in [2.45, 2.75) is 36.9 Å². The first kappa shape index (κ1) is 19.0. The van der Waals surface area contributed by atoms with Gasteiger partial charge < -0.3 is 9.80 Å². The highest BCUT2D eigenvalue weighted by atomic mass is 32.2. The summed E-state index contributed by atoms with van der Waals surface area (Å²) in [5.41, 5.74) is 0.571. The molecule has 2 aliphatic heterocycles. The van der Waals surface area contributed by atoms with E-state index >= 15 is 0 Å². The maximum absolute atomic E-state index is 13.7. The lowest BCUT2D eigenvalue weighted by Crippen LogP contribution is -2.56. The molecular weight excluding hydrogens is 344 g/mol. The molecule has 2 saturated heterocycles. The zero-order chi connectivity index (χ0) is 18.6. The normalized spacial score (nSPS) is 22.7. The average molecular weight is 373 g/mol. The highest BCUT2D eigenvalue weighted by Gasteiger charge is 2.46. The van der Waals surface area contributed by atoms with Crippen LogP contribution in [0.15, 0.2) is 43.0 Å². The summed E-state index contributed by atoms with van der Waals surface area (Å²) in [6, 6.07) is 10.1. The van der Waals surface area contributed by atoms with Crippen molar-refractivity contribution in [3.05, 3.63) is 48.6 Å². The maximum atomic E-state index is 13.7. The summed E-state index contributed by atoms with van der Waals surface area (Å²) in [7, 11) is 0. The van der Waals surface area contributed by atoms with E-state index in [9.17, 15) is 9.59 Å². The van der Waals surface area contributed by atoms with Crippen LogP contribution in [0.4, 0.5) is 0 Å². The molecule has 0 aliphatic carbocycles. The number of likely N-dealkylation sites (tertiary alicyclic amines) is 1. The maximum Gasteiger partial charge on any atom is 0.245 e. The Hall–Kier alpha value is -1.75. The zero-order valence-electron chi connectivity index (χ0n) is 15.5. The molecule has 1 atom stereocenters. The molecule has 0 aromatic heterocycles. The molecule has 2 fully saturated rings. The molecular formula is C21H28N2O2S. The van der Waals surface area contributed by atoms with Crippen molar-refractivity contribution in [2.75, 3.05) is 31.9 Å². The standard InChI is InChI=1S/C21H28N2O2S/c1-3-18-16-23(14-15-26-18)20(25)21(17-8-6-5-7-9-17)10-12-22(13-11-21)19(24)4-2/h4-9,18H,2-3,10-16H2,1H3. The monoisotopic (exact) mass is 372 g/mol. The number of nitrogens with zero attached hydrogens (tertiary/aromatic N) is 2. The fraction of sp³-hybridized carbons (Fsp3) is 0.524.